The summed E-state index contributed by atoms with van der Waals surface area (Å²) in [6, 6.07) is 26.9. The van der Waals surface area contributed by atoms with Gasteiger partial charge >= 0.3 is 0 Å². The summed E-state index contributed by atoms with van der Waals surface area (Å²) in [4.78, 5) is 12.5. The predicted octanol–water partition coefficient (Wildman–Crippen LogP) is 7.41. The molecule has 0 aliphatic carbocycles. The number of benzene rings is 3. The number of nitrogens with one attached hydrogen (secondary N) is 1. The minimum absolute atomic E-state index is 0.554. The van der Waals surface area contributed by atoms with Crippen LogP contribution in [0, 0.1) is 3.57 Å². The number of hydrogen-bond donors (Lipinski definition) is 1. The van der Waals surface area contributed by atoms with Crippen LogP contribution in [0.5, 0.6) is 0 Å². The first-order valence-corrected chi connectivity index (χ1v) is 14.3. The fourth-order valence-electron chi connectivity index (χ4n) is 5.33. The van der Waals surface area contributed by atoms with Crippen LogP contribution in [0.15, 0.2) is 88.8 Å². The van der Waals surface area contributed by atoms with E-state index in [-0.39, 0.29) is 0 Å². The van der Waals surface area contributed by atoms with E-state index in [2.05, 4.69) is 115 Å². The van der Waals surface area contributed by atoms with Crippen LogP contribution in [-0.4, -0.2) is 42.1 Å². The van der Waals surface area contributed by atoms with Crippen molar-refractivity contribution < 1.29 is 0 Å². The summed E-state index contributed by atoms with van der Waals surface area (Å²) >= 11 is 4.25. The standard InChI is InChI=1S/C29H29IN4S/c30-21-10-11-23-24(12-16-32-25(23)20-21)31-15-5-17-33-18-13-22(14-19-33)34-26-6-1-3-8-28(26)35-29-9-4-2-7-27(29)34/h1-4,6-12,16,20,22H,5,13-15,17-19H2,(H,31,32). The smallest absolute Gasteiger partial charge is 0.0733 e. The summed E-state index contributed by atoms with van der Waals surface area (Å²) in [5.41, 5.74) is 4.99. The number of hydrogen-bond acceptors (Lipinski definition) is 5. The van der Waals surface area contributed by atoms with Crippen LogP contribution < -0.4 is 10.2 Å². The first-order chi connectivity index (χ1) is 17.3. The molecule has 1 saturated heterocycles. The molecule has 0 amide bonds. The molecule has 178 valence electrons. The Labute approximate surface area is 225 Å². The second kappa shape index (κ2) is 10.4. The van der Waals surface area contributed by atoms with Crippen molar-refractivity contribution in [2.24, 2.45) is 0 Å². The molecule has 0 spiro atoms. The Kier molecular flexibility index (Phi) is 6.85. The molecule has 2 aliphatic rings. The lowest BCUT2D eigenvalue weighted by Gasteiger charge is -2.42. The van der Waals surface area contributed by atoms with Crippen LogP contribution in [0.4, 0.5) is 17.1 Å². The highest BCUT2D eigenvalue weighted by Gasteiger charge is 2.31. The number of likely N-dealkylation sites (tertiary alicyclic amines) is 1. The maximum Gasteiger partial charge on any atom is 0.0733 e. The van der Waals surface area contributed by atoms with Crippen molar-refractivity contribution in [3.63, 3.8) is 0 Å². The monoisotopic (exact) mass is 592 g/mol. The average molecular weight is 593 g/mol. The maximum atomic E-state index is 4.52. The molecule has 0 saturated carbocycles. The average Bonchev–Trinajstić information content (AvgIpc) is 2.90. The Morgan fingerprint density at radius 2 is 1.63 bits per heavy atom. The van der Waals surface area contributed by atoms with Crippen LogP contribution in [-0.2, 0) is 0 Å². The molecule has 4 nitrogen and oxygen atoms in total. The third kappa shape index (κ3) is 4.88. The molecule has 0 unspecified atom stereocenters. The van der Waals surface area contributed by atoms with Crippen molar-refractivity contribution >= 4 is 62.3 Å². The highest BCUT2D eigenvalue weighted by molar-refractivity contribution is 14.1. The molecule has 3 heterocycles. The number of rotatable bonds is 6. The van der Waals surface area contributed by atoms with Crippen molar-refractivity contribution in [1.29, 1.82) is 0 Å². The predicted molar refractivity (Wildman–Crippen MR) is 156 cm³/mol. The summed E-state index contributed by atoms with van der Waals surface area (Å²) in [7, 11) is 0. The van der Waals surface area contributed by atoms with Gasteiger partial charge in [-0.15, -0.1) is 0 Å². The van der Waals surface area contributed by atoms with Gasteiger partial charge in [0.2, 0.25) is 0 Å². The summed E-state index contributed by atoms with van der Waals surface area (Å²) in [5, 5.41) is 4.85. The van der Waals surface area contributed by atoms with Gasteiger partial charge in [-0.2, -0.15) is 0 Å². The van der Waals surface area contributed by atoms with E-state index >= 15 is 0 Å². The van der Waals surface area contributed by atoms with E-state index in [9.17, 15) is 0 Å². The van der Waals surface area contributed by atoms with Gasteiger partial charge in [0, 0.05) is 56.3 Å². The van der Waals surface area contributed by atoms with Gasteiger partial charge in [-0.1, -0.05) is 36.0 Å². The van der Waals surface area contributed by atoms with Gasteiger partial charge in [0.05, 0.1) is 16.9 Å². The number of anilines is 3. The van der Waals surface area contributed by atoms with E-state index < -0.39 is 0 Å². The fourth-order valence-corrected chi connectivity index (χ4v) is 6.88. The first-order valence-electron chi connectivity index (χ1n) is 12.4. The van der Waals surface area contributed by atoms with Gasteiger partial charge in [0.15, 0.2) is 0 Å². The largest absolute Gasteiger partial charge is 0.384 e. The van der Waals surface area contributed by atoms with E-state index in [0.29, 0.717) is 6.04 Å². The number of halogens is 1. The Morgan fingerprint density at radius 1 is 0.914 bits per heavy atom. The van der Waals surface area contributed by atoms with Gasteiger partial charge in [-0.25, -0.2) is 0 Å². The van der Waals surface area contributed by atoms with Crippen LogP contribution >= 0.6 is 34.4 Å². The molecule has 6 heteroatoms. The molecule has 0 radical (unpaired) electrons. The topological polar surface area (TPSA) is 31.4 Å². The van der Waals surface area contributed by atoms with Crippen LogP contribution in [0.2, 0.25) is 0 Å². The molecule has 35 heavy (non-hydrogen) atoms. The summed E-state index contributed by atoms with van der Waals surface area (Å²) in [6.45, 7) is 4.45. The highest BCUT2D eigenvalue weighted by Crippen LogP contribution is 2.49. The quantitative estimate of drug-likeness (QED) is 0.186. The minimum Gasteiger partial charge on any atom is -0.384 e. The van der Waals surface area contributed by atoms with E-state index in [1.54, 1.807) is 0 Å². The lowest BCUT2D eigenvalue weighted by Crippen LogP contribution is -2.44. The molecule has 3 aromatic carbocycles. The molecule has 1 aromatic heterocycles. The minimum atomic E-state index is 0.554. The summed E-state index contributed by atoms with van der Waals surface area (Å²) in [6.07, 6.45) is 5.45. The van der Waals surface area contributed by atoms with E-state index in [1.165, 1.54) is 48.7 Å². The highest BCUT2D eigenvalue weighted by atomic mass is 127. The van der Waals surface area contributed by atoms with Gasteiger partial charge < -0.3 is 15.1 Å². The van der Waals surface area contributed by atoms with Crippen molar-refractivity contribution in [2.45, 2.75) is 35.1 Å². The Morgan fingerprint density at radius 3 is 2.37 bits per heavy atom. The maximum absolute atomic E-state index is 4.52. The molecule has 0 bridgehead atoms. The Balaban J connectivity index is 1.05. The lowest BCUT2D eigenvalue weighted by molar-refractivity contribution is 0.212. The number of nitrogens with zero attached hydrogens (tertiary/aromatic N) is 3. The number of piperidine rings is 1. The van der Waals surface area contributed by atoms with Gasteiger partial charge in [0.1, 0.15) is 0 Å². The third-order valence-electron chi connectivity index (χ3n) is 7.06. The Hall–Kier alpha value is -2.29. The molecule has 2 aliphatic heterocycles. The fraction of sp³-hybridized carbons (Fsp3) is 0.276. The zero-order valence-corrected chi connectivity index (χ0v) is 22.6. The van der Waals surface area contributed by atoms with E-state index in [1.807, 2.05) is 18.0 Å². The second-order valence-electron chi connectivity index (χ2n) is 9.28. The number of pyridine rings is 1. The third-order valence-corrected chi connectivity index (χ3v) is 8.86. The van der Waals surface area contributed by atoms with Gasteiger partial charge in [0.25, 0.3) is 0 Å². The zero-order valence-electron chi connectivity index (χ0n) is 19.7. The first kappa shape index (κ1) is 23.1. The zero-order chi connectivity index (χ0) is 23.6. The molecular formula is C29H29IN4S. The van der Waals surface area contributed by atoms with E-state index in [0.717, 1.165) is 38.1 Å². The van der Waals surface area contributed by atoms with Crippen molar-refractivity contribution in [2.75, 3.05) is 36.4 Å². The number of para-hydroxylation sites is 2. The SMILES string of the molecule is Ic1ccc2c(NCCCN3CCC(N4c5ccccc5Sc5ccccc54)CC3)ccnc2c1. The summed E-state index contributed by atoms with van der Waals surface area (Å²) < 4.78 is 1.22. The molecule has 4 aromatic rings. The lowest BCUT2D eigenvalue weighted by atomic mass is 10.0. The van der Waals surface area contributed by atoms with Crippen LogP contribution in [0.25, 0.3) is 10.9 Å². The molecule has 6 rings (SSSR count). The molecule has 1 N–H and O–H groups in total. The van der Waals surface area contributed by atoms with Gasteiger partial charge in [-0.05, 0) is 96.9 Å². The van der Waals surface area contributed by atoms with Crippen molar-refractivity contribution in [3.8, 4) is 0 Å². The van der Waals surface area contributed by atoms with Crippen molar-refractivity contribution in [1.82, 2.24) is 9.88 Å². The Bertz CT molecular complexity index is 1290. The molecular weight excluding hydrogens is 563 g/mol. The number of fused-ring (bicyclic) bond motifs is 3. The second-order valence-corrected chi connectivity index (χ2v) is 11.6. The number of aromatic nitrogens is 1. The van der Waals surface area contributed by atoms with Crippen LogP contribution in [0.1, 0.15) is 19.3 Å². The summed E-state index contributed by atoms with van der Waals surface area (Å²) in [5.74, 6) is 0. The normalized spacial score (nSPS) is 16.2. The van der Waals surface area contributed by atoms with Crippen LogP contribution in [0.3, 0.4) is 0 Å². The van der Waals surface area contributed by atoms with Gasteiger partial charge in [-0.3, -0.25) is 4.98 Å². The van der Waals surface area contributed by atoms with E-state index in [4.69, 9.17) is 0 Å². The molecule has 1 fully saturated rings. The van der Waals surface area contributed by atoms with Crippen molar-refractivity contribution in [3.05, 3.63) is 82.6 Å². The molecule has 0 atom stereocenters.